The van der Waals surface area contributed by atoms with E-state index < -0.39 is 5.91 Å². The molecule has 7 nitrogen and oxygen atoms in total. The first-order valence-electron chi connectivity index (χ1n) is 9.78. The summed E-state index contributed by atoms with van der Waals surface area (Å²) in [5.74, 6) is -0.0406. The second-order valence-corrected chi connectivity index (χ2v) is 7.69. The van der Waals surface area contributed by atoms with E-state index in [1.807, 2.05) is 43.3 Å². The van der Waals surface area contributed by atoms with E-state index in [0.717, 1.165) is 10.9 Å². The number of aromatic hydroxyl groups is 1. The fourth-order valence-corrected chi connectivity index (χ4v) is 3.57. The van der Waals surface area contributed by atoms with Crippen LogP contribution in [0.5, 0.6) is 5.75 Å². The molecule has 0 spiro atoms. The van der Waals surface area contributed by atoms with Crippen molar-refractivity contribution in [2.24, 2.45) is 0 Å². The van der Waals surface area contributed by atoms with E-state index in [-0.39, 0.29) is 16.6 Å². The molecule has 32 heavy (non-hydrogen) atoms. The van der Waals surface area contributed by atoms with Crippen LogP contribution in [-0.4, -0.2) is 21.1 Å². The molecule has 0 unspecified atom stereocenters. The third-order valence-corrected chi connectivity index (χ3v) is 5.11. The number of rotatable bonds is 3. The van der Waals surface area contributed by atoms with Crippen LogP contribution in [0.4, 0.5) is 5.69 Å². The molecule has 158 valence electrons. The van der Waals surface area contributed by atoms with Crippen LogP contribution in [0.25, 0.3) is 33.5 Å². The third kappa shape index (κ3) is 3.79. The molecule has 0 saturated carbocycles. The minimum atomic E-state index is -0.471. The van der Waals surface area contributed by atoms with Crippen molar-refractivity contribution in [2.45, 2.75) is 6.92 Å². The molecule has 0 radical (unpaired) electrons. The lowest BCUT2D eigenvalue weighted by Crippen LogP contribution is -2.33. The van der Waals surface area contributed by atoms with E-state index in [1.54, 1.807) is 24.3 Å². The number of phenolic OH excluding ortho intramolecular Hbond substituents is 1. The molecule has 5 aromatic rings. The lowest BCUT2D eigenvalue weighted by atomic mass is 10.2. The number of amides is 1. The van der Waals surface area contributed by atoms with E-state index in [2.05, 4.69) is 15.6 Å². The fraction of sp³-hybridized carbons (Fsp3) is 0.0417. The predicted molar refractivity (Wildman–Crippen MR) is 126 cm³/mol. The molecule has 3 N–H and O–H groups in total. The molecule has 0 aliphatic heterocycles. The van der Waals surface area contributed by atoms with Gasteiger partial charge in [0, 0.05) is 17.1 Å². The Morgan fingerprint density at radius 3 is 2.66 bits per heavy atom. The Bertz CT molecular complexity index is 1470. The van der Waals surface area contributed by atoms with Gasteiger partial charge in [-0.2, -0.15) is 0 Å². The van der Waals surface area contributed by atoms with Gasteiger partial charge in [0.25, 0.3) is 5.91 Å². The fourth-order valence-electron chi connectivity index (χ4n) is 3.36. The maximum atomic E-state index is 12.4. The Morgan fingerprint density at radius 1 is 1.00 bits per heavy atom. The van der Waals surface area contributed by atoms with Crippen LogP contribution in [0.2, 0.25) is 0 Å². The van der Waals surface area contributed by atoms with E-state index in [0.29, 0.717) is 33.8 Å². The van der Waals surface area contributed by atoms with Crippen LogP contribution < -0.4 is 10.6 Å². The summed E-state index contributed by atoms with van der Waals surface area (Å²) >= 11 is 5.22. The van der Waals surface area contributed by atoms with E-state index >= 15 is 0 Å². The Kier molecular flexibility index (Phi) is 4.84. The molecule has 0 aliphatic rings. The number of hydrogen-bond acceptors (Lipinski definition) is 6. The Labute approximate surface area is 187 Å². The summed E-state index contributed by atoms with van der Waals surface area (Å²) in [7, 11) is 0. The number of aromatic nitrogens is 1. The summed E-state index contributed by atoms with van der Waals surface area (Å²) in [5, 5.41) is 16.8. The van der Waals surface area contributed by atoms with Gasteiger partial charge in [0.1, 0.15) is 16.8 Å². The highest BCUT2D eigenvalue weighted by atomic mass is 32.1. The molecule has 0 aliphatic carbocycles. The Morgan fingerprint density at radius 2 is 1.84 bits per heavy atom. The number of fused-ring (bicyclic) bond motifs is 2. The number of nitrogens with one attached hydrogen (secondary N) is 2. The predicted octanol–water partition coefficient (Wildman–Crippen LogP) is 5.38. The van der Waals surface area contributed by atoms with Crippen LogP contribution >= 0.6 is 12.2 Å². The van der Waals surface area contributed by atoms with Crippen LogP contribution in [0.3, 0.4) is 0 Å². The summed E-state index contributed by atoms with van der Waals surface area (Å²) in [6.45, 7) is 1.97. The Balaban J connectivity index is 1.30. The Hall–Kier alpha value is -4.17. The number of oxazole rings is 1. The van der Waals surface area contributed by atoms with Gasteiger partial charge >= 0.3 is 0 Å². The molecular formula is C24H17N3O4S. The second kappa shape index (κ2) is 7.82. The molecule has 2 aromatic heterocycles. The molecule has 5 rings (SSSR count). The molecule has 0 saturated heterocycles. The van der Waals surface area contributed by atoms with Gasteiger partial charge in [0.15, 0.2) is 16.5 Å². The lowest BCUT2D eigenvalue weighted by molar-refractivity contribution is 0.0953. The van der Waals surface area contributed by atoms with Gasteiger partial charge in [-0.25, -0.2) is 4.98 Å². The van der Waals surface area contributed by atoms with Crippen molar-refractivity contribution in [2.75, 3.05) is 5.32 Å². The molecule has 3 aromatic carbocycles. The van der Waals surface area contributed by atoms with Crippen molar-refractivity contribution >= 4 is 51.0 Å². The standard InChI is InChI=1S/C24H17N3O4S/c1-13-6-9-17-20(10-13)31-23(26-17)16-8-7-15(12-18(16)28)25-24(32)27-22(29)21-11-14-4-2-3-5-19(14)30-21/h2-12,28H,1H3,(H2,25,27,29,32). The van der Waals surface area contributed by atoms with Gasteiger partial charge in [-0.3, -0.25) is 10.1 Å². The number of nitrogens with zero attached hydrogens (tertiary/aromatic N) is 1. The molecule has 1 amide bonds. The maximum absolute atomic E-state index is 12.4. The minimum Gasteiger partial charge on any atom is -0.507 e. The lowest BCUT2D eigenvalue weighted by Gasteiger charge is -2.10. The highest BCUT2D eigenvalue weighted by molar-refractivity contribution is 7.80. The van der Waals surface area contributed by atoms with Gasteiger partial charge < -0.3 is 19.3 Å². The number of phenols is 1. The van der Waals surface area contributed by atoms with E-state index in [1.165, 1.54) is 6.07 Å². The monoisotopic (exact) mass is 443 g/mol. The number of carbonyl (C=O) groups excluding carboxylic acids is 1. The molecule has 0 atom stereocenters. The summed E-state index contributed by atoms with van der Waals surface area (Å²) in [4.78, 5) is 16.9. The molecule has 0 bridgehead atoms. The average molecular weight is 443 g/mol. The quantitative estimate of drug-likeness (QED) is 0.322. The smallest absolute Gasteiger partial charge is 0.293 e. The number of para-hydroxylation sites is 1. The van der Waals surface area contributed by atoms with E-state index in [9.17, 15) is 9.90 Å². The normalized spacial score (nSPS) is 11.0. The molecule has 8 heteroatoms. The minimum absolute atomic E-state index is 0.0373. The zero-order chi connectivity index (χ0) is 22.2. The number of anilines is 1. The van der Waals surface area contributed by atoms with Crippen molar-refractivity contribution in [3.05, 3.63) is 78.1 Å². The maximum Gasteiger partial charge on any atom is 0.293 e. The van der Waals surface area contributed by atoms with Crippen LogP contribution in [0.1, 0.15) is 16.1 Å². The first-order valence-corrected chi connectivity index (χ1v) is 10.2. The topological polar surface area (TPSA) is 101 Å². The second-order valence-electron chi connectivity index (χ2n) is 7.28. The third-order valence-electron chi connectivity index (χ3n) is 4.91. The van der Waals surface area contributed by atoms with Gasteiger partial charge in [0.05, 0.1) is 5.56 Å². The van der Waals surface area contributed by atoms with Crippen molar-refractivity contribution in [1.29, 1.82) is 0 Å². The van der Waals surface area contributed by atoms with Crippen molar-refractivity contribution in [3.63, 3.8) is 0 Å². The summed E-state index contributed by atoms with van der Waals surface area (Å²) < 4.78 is 11.3. The zero-order valence-electron chi connectivity index (χ0n) is 16.9. The number of carbonyl (C=O) groups is 1. The summed E-state index contributed by atoms with van der Waals surface area (Å²) in [5.41, 5.74) is 3.97. The zero-order valence-corrected chi connectivity index (χ0v) is 17.7. The van der Waals surface area contributed by atoms with Crippen molar-refractivity contribution < 1.29 is 18.7 Å². The highest BCUT2D eigenvalue weighted by Crippen LogP contribution is 2.33. The highest BCUT2D eigenvalue weighted by Gasteiger charge is 2.16. The summed E-state index contributed by atoms with van der Waals surface area (Å²) in [6, 6.07) is 19.5. The van der Waals surface area contributed by atoms with Crippen molar-refractivity contribution in [3.8, 4) is 17.2 Å². The number of aryl methyl sites for hydroxylation is 1. The number of hydrogen-bond donors (Lipinski definition) is 3. The first-order chi connectivity index (χ1) is 15.5. The molecular weight excluding hydrogens is 426 g/mol. The van der Waals surface area contributed by atoms with Crippen LogP contribution in [0.15, 0.2) is 75.6 Å². The van der Waals surface area contributed by atoms with Gasteiger partial charge in [-0.15, -0.1) is 0 Å². The molecule has 2 heterocycles. The number of thiocarbonyl (C=S) groups is 1. The SMILES string of the molecule is Cc1ccc2nc(-c3ccc(NC(=S)NC(=O)c4cc5ccccc5o4)cc3O)oc2c1. The summed E-state index contributed by atoms with van der Waals surface area (Å²) in [6.07, 6.45) is 0. The van der Waals surface area contributed by atoms with Gasteiger partial charge in [-0.05, 0) is 61.1 Å². The van der Waals surface area contributed by atoms with E-state index in [4.69, 9.17) is 21.1 Å². The average Bonchev–Trinajstić information content (AvgIpc) is 3.37. The van der Waals surface area contributed by atoms with Gasteiger partial charge in [-0.1, -0.05) is 24.3 Å². The first kappa shape index (κ1) is 19.8. The van der Waals surface area contributed by atoms with Crippen LogP contribution in [0, 0.1) is 6.92 Å². The van der Waals surface area contributed by atoms with Gasteiger partial charge in [0.2, 0.25) is 5.89 Å². The van der Waals surface area contributed by atoms with Crippen molar-refractivity contribution in [1.82, 2.24) is 10.3 Å². The molecule has 0 fully saturated rings. The van der Waals surface area contributed by atoms with Crippen LogP contribution in [-0.2, 0) is 0 Å². The largest absolute Gasteiger partial charge is 0.507 e. The number of benzene rings is 3. The number of furan rings is 1.